The molecule has 1 amide bonds. The fourth-order valence-electron chi connectivity index (χ4n) is 4.24. The van der Waals surface area contributed by atoms with Crippen molar-refractivity contribution in [3.05, 3.63) is 72.4 Å². The quantitative estimate of drug-likeness (QED) is 0.261. The highest BCUT2D eigenvalue weighted by Crippen LogP contribution is 2.34. The molecule has 1 aromatic heterocycles. The van der Waals surface area contributed by atoms with Crippen molar-refractivity contribution < 1.29 is 24.1 Å². The van der Waals surface area contributed by atoms with Gasteiger partial charge >= 0.3 is 6.09 Å². The van der Waals surface area contributed by atoms with Gasteiger partial charge in [0.25, 0.3) is 0 Å². The maximum Gasteiger partial charge on any atom is 0.409 e. The summed E-state index contributed by atoms with van der Waals surface area (Å²) in [7, 11) is 0. The summed E-state index contributed by atoms with van der Waals surface area (Å²) in [6.07, 6.45) is 6.12. The van der Waals surface area contributed by atoms with Crippen LogP contribution in [0.25, 0.3) is 10.8 Å². The monoisotopic (exact) mass is 525 g/mol. The number of hydrogen-bond acceptors (Lipinski definition) is 8. The number of terminal acetylenes is 1. The molecule has 39 heavy (non-hydrogen) atoms. The molecular weight excluding hydrogens is 498 g/mol. The highest BCUT2D eigenvalue weighted by Gasteiger charge is 2.12. The first-order chi connectivity index (χ1) is 19.1. The van der Waals surface area contributed by atoms with Gasteiger partial charge in [0, 0.05) is 60.0 Å². The summed E-state index contributed by atoms with van der Waals surface area (Å²) < 4.78 is 17.4. The maximum absolute atomic E-state index is 11.2. The minimum absolute atomic E-state index is 0.312. The van der Waals surface area contributed by atoms with E-state index in [-0.39, 0.29) is 0 Å². The lowest BCUT2D eigenvalue weighted by Gasteiger charge is -2.26. The predicted octanol–water partition coefficient (Wildman–Crippen LogP) is 4.95. The van der Waals surface area contributed by atoms with Crippen LogP contribution in [-0.2, 0) is 4.74 Å². The van der Waals surface area contributed by atoms with Crippen molar-refractivity contribution in [1.29, 1.82) is 0 Å². The average Bonchev–Trinajstić information content (AvgIpc) is 2.95. The normalized spacial score (nSPS) is 13.4. The van der Waals surface area contributed by atoms with Crippen LogP contribution in [0.4, 0.5) is 22.1 Å². The third-order valence-electron chi connectivity index (χ3n) is 6.08. The van der Waals surface area contributed by atoms with Gasteiger partial charge in [-0.1, -0.05) is 30.2 Å². The zero-order valence-electron chi connectivity index (χ0n) is 21.1. The first-order valence-corrected chi connectivity index (χ1v) is 12.4. The van der Waals surface area contributed by atoms with Crippen molar-refractivity contribution in [2.24, 2.45) is 0 Å². The molecule has 0 aliphatic carbocycles. The Bertz CT molecular complexity index is 1510. The zero-order chi connectivity index (χ0) is 27.0. The van der Waals surface area contributed by atoms with Gasteiger partial charge in [0.1, 0.15) is 18.1 Å². The van der Waals surface area contributed by atoms with Crippen LogP contribution < -0.4 is 20.1 Å². The maximum atomic E-state index is 11.2. The third-order valence-corrected chi connectivity index (χ3v) is 6.08. The minimum Gasteiger partial charge on any atom is -0.492 e. The van der Waals surface area contributed by atoms with Crippen molar-refractivity contribution in [3.8, 4) is 29.7 Å². The number of benzene rings is 3. The number of morpholine rings is 1. The molecule has 3 aromatic carbocycles. The first-order valence-electron chi connectivity index (χ1n) is 12.4. The van der Waals surface area contributed by atoms with Crippen molar-refractivity contribution in [3.63, 3.8) is 0 Å². The standard InChI is InChI=1S/C29H27N5O5/c1-2-20-17-21(19-22(18-20)38-16-13-34-11-14-37-15-12-34)31-28-30-10-9-27(33-28)39-26-8-7-25(32-29(35)36)23-5-3-4-6-24(23)26/h1,3-10,17-19,32H,11-16H2,(H,35,36)(H,30,31,33). The lowest BCUT2D eigenvalue weighted by molar-refractivity contribution is 0.0322. The van der Waals surface area contributed by atoms with Crippen molar-refractivity contribution in [2.45, 2.75) is 0 Å². The van der Waals surface area contributed by atoms with Crippen LogP contribution in [0.3, 0.4) is 0 Å². The number of hydrogen-bond donors (Lipinski definition) is 3. The number of anilines is 3. The molecule has 0 unspecified atom stereocenters. The summed E-state index contributed by atoms with van der Waals surface area (Å²) in [6.45, 7) is 4.61. The summed E-state index contributed by atoms with van der Waals surface area (Å²) >= 11 is 0. The molecule has 0 spiro atoms. The highest BCUT2D eigenvalue weighted by molar-refractivity contribution is 6.02. The molecule has 1 fully saturated rings. The van der Waals surface area contributed by atoms with E-state index in [2.05, 4.69) is 31.4 Å². The van der Waals surface area contributed by atoms with E-state index in [1.165, 1.54) is 0 Å². The van der Waals surface area contributed by atoms with E-state index in [0.29, 0.717) is 52.3 Å². The molecule has 0 atom stereocenters. The lowest BCUT2D eigenvalue weighted by Crippen LogP contribution is -2.38. The van der Waals surface area contributed by atoms with Crippen LogP contribution in [0.5, 0.6) is 17.4 Å². The molecule has 10 heteroatoms. The van der Waals surface area contributed by atoms with Gasteiger partial charge in [0.05, 0.1) is 18.9 Å². The van der Waals surface area contributed by atoms with Gasteiger partial charge in [-0.05, 0) is 24.3 Å². The van der Waals surface area contributed by atoms with Crippen LogP contribution in [-0.4, -0.2) is 65.5 Å². The second-order valence-electron chi connectivity index (χ2n) is 8.73. The first kappa shape index (κ1) is 25.8. The fourth-order valence-corrected chi connectivity index (χ4v) is 4.24. The van der Waals surface area contributed by atoms with Gasteiger partial charge < -0.3 is 24.6 Å². The molecular formula is C29H27N5O5. The van der Waals surface area contributed by atoms with E-state index in [1.807, 2.05) is 42.5 Å². The number of rotatable bonds is 9. The number of amides is 1. The van der Waals surface area contributed by atoms with Crippen LogP contribution in [0.2, 0.25) is 0 Å². The Morgan fingerprint density at radius 3 is 2.72 bits per heavy atom. The second-order valence-corrected chi connectivity index (χ2v) is 8.73. The molecule has 3 N–H and O–H groups in total. The summed E-state index contributed by atoms with van der Waals surface area (Å²) in [5.41, 5.74) is 1.81. The SMILES string of the molecule is C#Cc1cc(Nc2nccc(Oc3ccc(NC(=O)O)c4ccccc34)n2)cc(OCCN2CCOCC2)c1. The number of aromatic nitrogens is 2. The molecule has 0 radical (unpaired) electrons. The van der Waals surface area contributed by atoms with E-state index in [9.17, 15) is 4.79 Å². The van der Waals surface area contributed by atoms with Crippen molar-refractivity contribution in [1.82, 2.24) is 14.9 Å². The van der Waals surface area contributed by atoms with Crippen molar-refractivity contribution >= 4 is 34.2 Å². The van der Waals surface area contributed by atoms with E-state index in [1.54, 1.807) is 24.4 Å². The van der Waals surface area contributed by atoms with Gasteiger partial charge in [0.2, 0.25) is 11.8 Å². The van der Waals surface area contributed by atoms with E-state index >= 15 is 0 Å². The Labute approximate surface area is 225 Å². The summed E-state index contributed by atoms with van der Waals surface area (Å²) in [6, 6.07) is 17.8. The Balaban J connectivity index is 1.30. The van der Waals surface area contributed by atoms with E-state index < -0.39 is 6.09 Å². The Hall–Kier alpha value is -4.85. The van der Waals surface area contributed by atoms with Gasteiger partial charge in [-0.2, -0.15) is 4.98 Å². The van der Waals surface area contributed by atoms with E-state index in [0.717, 1.165) is 38.2 Å². The Morgan fingerprint density at radius 1 is 1.10 bits per heavy atom. The molecule has 4 aromatic rings. The topological polar surface area (TPSA) is 118 Å². The van der Waals surface area contributed by atoms with Crippen LogP contribution >= 0.6 is 0 Å². The summed E-state index contributed by atoms with van der Waals surface area (Å²) in [4.78, 5) is 22.3. The number of nitrogens with one attached hydrogen (secondary N) is 2. The van der Waals surface area contributed by atoms with Crippen LogP contribution in [0, 0.1) is 12.3 Å². The third kappa shape index (κ3) is 6.73. The lowest BCUT2D eigenvalue weighted by atomic mass is 10.1. The number of carboxylic acid groups (broad SMARTS) is 1. The number of ether oxygens (including phenoxy) is 3. The average molecular weight is 526 g/mol. The molecule has 1 aliphatic rings. The smallest absolute Gasteiger partial charge is 0.409 e. The fraction of sp³-hybridized carbons (Fsp3) is 0.207. The second kappa shape index (κ2) is 12.1. The number of fused-ring (bicyclic) bond motifs is 1. The minimum atomic E-state index is -1.14. The van der Waals surface area contributed by atoms with Gasteiger partial charge in [-0.3, -0.25) is 10.2 Å². The Kier molecular flexibility index (Phi) is 8.02. The zero-order valence-corrected chi connectivity index (χ0v) is 21.1. The molecule has 1 saturated heterocycles. The largest absolute Gasteiger partial charge is 0.492 e. The summed E-state index contributed by atoms with van der Waals surface area (Å²) in [5.74, 6) is 4.46. The van der Waals surface area contributed by atoms with Crippen LogP contribution in [0.15, 0.2) is 66.9 Å². The molecule has 0 saturated carbocycles. The molecule has 5 rings (SSSR count). The number of carbonyl (C=O) groups is 1. The van der Waals surface area contributed by atoms with Crippen LogP contribution in [0.1, 0.15) is 5.56 Å². The van der Waals surface area contributed by atoms with Gasteiger partial charge in [-0.15, -0.1) is 6.42 Å². The van der Waals surface area contributed by atoms with Gasteiger partial charge in [-0.25, -0.2) is 9.78 Å². The van der Waals surface area contributed by atoms with E-state index in [4.69, 9.17) is 25.7 Å². The molecule has 198 valence electrons. The summed E-state index contributed by atoms with van der Waals surface area (Å²) in [5, 5.41) is 16.2. The van der Waals surface area contributed by atoms with Crippen molar-refractivity contribution in [2.75, 3.05) is 50.1 Å². The predicted molar refractivity (Wildman–Crippen MR) is 148 cm³/mol. The Morgan fingerprint density at radius 2 is 1.92 bits per heavy atom. The molecule has 2 heterocycles. The molecule has 0 bridgehead atoms. The van der Waals surface area contributed by atoms with Gasteiger partial charge in [0.15, 0.2) is 0 Å². The molecule has 1 aliphatic heterocycles. The molecule has 10 nitrogen and oxygen atoms in total. The number of nitrogens with zero attached hydrogens (tertiary/aromatic N) is 3. The highest BCUT2D eigenvalue weighted by atomic mass is 16.5.